The van der Waals surface area contributed by atoms with E-state index in [0.29, 0.717) is 24.7 Å². The maximum atomic E-state index is 12.7. The third kappa shape index (κ3) is 4.64. The van der Waals surface area contributed by atoms with Crippen LogP contribution in [0.15, 0.2) is 53.4 Å². The zero-order chi connectivity index (χ0) is 16.1. The number of amides is 1. The number of carbonyl (C=O) groups is 1. The van der Waals surface area contributed by atoms with Crippen molar-refractivity contribution < 1.29 is 4.79 Å². The van der Waals surface area contributed by atoms with Crippen molar-refractivity contribution in [2.24, 2.45) is 0 Å². The summed E-state index contributed by atoms with van der Waals surface area (Å²) in [6.07, 6.45) is 2.00. The molecule has 0 aliphatic rings. The van der Waals surface area contributed by atoms with Gasteiger partial charge in [0.05, 0.1) is 19.5 Å². The van der Waals surface area contributed by atoms with Gasteiger partial charge in [0.2, 0.25) is 5.91 Å². The van der Waals surface area contributed by atoms with Gasteiger partial charge in [-0.2, -0.15) is 0 Å². The van der Waals surface area contributed by atoms with E-state index in [9.17, 15) is 4.79 Å². The molecule has 0 aromatic carbocycles. The average molecular weight is 363 g/mol. The highest BCUT2D eigenvalue weighted by atomic mass is 35.5. The van der Waals surface area contributed by atoms with Crippen LogP contribution < -0.4 is 0 Å². The Hall–Kier alpha value is -1.69. The molecule has 0 aliphatic heterocycles. The summed E-state index contributed by atoms with van der Waals surface area (Å²) in [6.45, 7) is 1.27. The van der Waals surface area contributed by atoms with Crippen molar-refractivity contribution in [3.8, 4) is 0 Å². The van der Waals surface area contributed by atoms with Crippen molar-refractivity contribution in [2.75, 3.05) is 0 Å². The number of nitrogens with zero attached hydrogens (tertiary/aromatic N) is 2. The fourth-order valence-electron chi connectivity index (χ4n) is 2.21. The first-order valence-electron chi connectivity index (χ1n) is 7.13. The van der Waals surface area contributed by atoms with Crippen LogP contribution in [0.1, 0.15) is 15.3 Å². The van der Waals surface area contributed by atoms with Crippen LogP contribution >= 0.6 is 34.3 Å². The number of hydrogen-bond donors (Lipinski definition) is 0. The molecule has 3 aromatic rings. The Kier molecular flexibility index (Phi) is 5.43. The van der Waals surface area contributed by atoms with Gasteiger partial charge in [-0.15, -0.1) is 22.7 Å². The summed E-state index contributed by atoms with van der Waals surface area (Å²) in [5, 5.41) is 4.51. The van der Waals surface area contributed by atoms with Crippen molar-refractivity contribution in [3.05, 3.63) is 73.8 Å². The molecule has 6 heteroatoms. The Balaban J connectivity index is 1.73. The summed E-state index contributed by atoms with van der Waals surface area (Å²) in [7, 11) is 0. The van der Waals surface area contributed by atoms with Crippen LogP contribution in [0, 0.1) is 0 Å². The highest BCUT2D eigenvalue weighted by Crippen LogP contribution is 2.18. The summed E-state index contributed by atoms with van der Waals surface area (Å²) in [5.74, 6) is 0.0934. The van der Waals surface area contributed by atoms with E-state index in [2.05, 4.69) is 17.1 Å². The maximum Gasteiger partial charge on any atom is 0.227 e. The van der Waals surface area contributed by atoms with Crippen molar-refractivity contribution in [1.82, 2.24) is 9.88 Å². The second-order valence-electron chi connectivity index (χ2n) is 5.07. The van der Waals surface area contributed by atoms with Crippen molar-refractivity contribution in [1.29, 1.82) is 0 Å². The fourth-order valence-corrected chi connectivity index (χ4v) is 3.76. The molecule has 0 bridgehead atoms. The molecule has 0 aliphatic carbocycles. The molecule has 0 saturated heterocycles. The Bertz CT molecular complexity index is 703. The van der Waals surface area contributed by atoms with Gasteiger partial charge in [-0.3, -0.25) is 4.79 Å². The van der Waals surface area contributed by atoms with Crippen LogP contribution in [-0.4, -0.2) is 15.8 Å². The molecular formula is C17H15ClN2OS2. The number of aromatic nitrogens is 1. The molecule has 0 spiro atoms. The number of thiophene rings is 2. The predicted molar refractivity (Wildman–Crippen MR) is 95.8 cm³/mol. The molecule has 0 unspecified atom stereocenters. The lowest BCUT2D eigenvalue weighted by atomic mass is 10.2. The van der Waals surface area contributed by atoms with Crippen molar-refractivity contribution in [2.45, 2.75) is 19.5 Å². The van der Waals surface area contributed by atoms with Gasteiger partial charge in [-0.1, -0.05) is 29.8 Å². The molecule has 1 amide bonds. The van der Waals surface area contributed by atoms with Gasteiger partial charge in [-0.05, 0) is 34.5 Å². The first-order chi connectivity index (χ1) is 11.2. The summed E-state index contributed by atoms with van der Waals surface area (Å²) in [4.78, 5) is 21.0. The van der Waals surface area contributed by atoms with Gasteiger partial charge < -0.3 is 4.90 Å². The SMILES string of the molecule is O=C(Cc1ccc(Cl)nc1)N(Cc1cccs1)Cc1cccs1. The molecule has 0 N–H and O–H groups in total. The molecule has 118 valence electrons. The molecule has 3 rings (SSSR count). The van der Waals surface area contributed by atoms with Crippen LogP contribution in [0.3, 0.4) is 0 Å². The lowest BCUT2D eigenvalue weighted by Gasteiger charge is -2.21. The molecule has 0 radical (unpaired) electrons. The summed E-state index contributed by atoms with van der Waals surface area (Å²) in [6, 6.07) is 11.7. The van der Waals surface area contributed by atoms with E-state index in [-0.39, 0.29) is 5.91 Å². The minimum atomic E-state index is 0.0934. The molecule has 0 atom stereocenters. The quantitative estimate of drug-likeness (QED) is 0.599. The standard InChI is InChI=1S/C17H15ClN2OS2/c18-16-6-5-13(10-19-16)9-17(21)20(11-14-3-1-7-22-14)12-15-4-2-8-23-15/h1-8,10H,9,11-12H2. The second kappa shape index (κ2) is 7.73. The van der Waals surface area contributed by atoms with Gasteiger partial charge >= 0.3 is 0 Å². The number of rotatable bonds is 6. The van der Waals surface area contributed by atoms with Gasteiger partial charge in [0.15, 0.2) is 0 Å². The first-order valence-corrected chi connectivity index (χ1v) is 9.27. The van der Waals surface area contributed by atoms with Gasteiger partial charge in [0.25, 0.3) is 0 Å². The van der Waals surface area contributed by atoms with Gasteiger partial charge in [0.1, 0.15) is 5.15 Å². The highest BCUT2D eigenvalue weighted by Gasteiger charge is 2.16. The largest absolute Gasteiger partial charge is 0.332 e. The van der Waals surface area contributed by atoms with Crippen molar-refractivity contribution >= 4 is 40.2 Å². The van der Waals surface area contributed by atoms with E-state index >= 15 is 0 Å². The number of hydrogen-bond acceptors (Lipinski definition) is 4. The third-order valence-corrected chi connectivity index (χ3v) is 5.30. The first kappa shape index (κ1) is 16.2. The van der Waals surface area contributed by atoms with Crippen LogP contribution in [-0.2, 0) is 24.3 Å². The van der Waals surface area contributed by atoms with Crippen LogP contribution in [0.25, 0.3) is 0 Å². The molecule has 3 nitrogen and oxygen atoms in total. The monoisotopic (exact) mass is 362 g/mol. The predicted octanol–water partition coefficient (Wildman–Crippen LogP) is 4.63. The lowest BCUT2D eigenvalue weighted by molar-refractivity contribution is -0.131. The zero-order valence-electron chi connectivity index (χ0n) is 12.3. The Labute approximate surface area is 148 Å². The van der Waals surface area contributed by atoms with E-state index in [1.165, 1.54) is 9.75 Å². The number of carbonyl (C=O) groups excluding carboxylic acids is 1. The maximum absolute atomic E-state index is 12.7. The summed E-state index contributed by atoms with van der Waals surface area (Å²) >= 11 is 9.14. The molecule has 3 heterocycles. The summed E-state index contributed by atoms with van der Waals surface area (Å²) < 4.78 is 0. The molecular weight excluding hydrogens is 348 g/mol. The highest BCUT2D eigenvalue weighted by molar-refractivity contribution is 7.10. The summed E-state index contributed by atoms with van der Waals surface area (Å²) in [5.41, 5.74) is 0.877. The Morgan fingerprint density at radius 2 is 1.70 bits per heavy atom. The topological polar surface area (TPSA) is 33.2 Å². The number of pyridine rings is 1. The second-order valence-corrected chi connectivity index (χ2v) is 7.53. The van der Waals surface area contributed by atoms with Crippen molar-refractivity contribution in [3.63, 3.8) is 0 Å². The average Bonchev–Trinajstić information content (AvgIpc) is 3.22. The molecule has 0 saturated carbocycles. The lowest BCUT2D eigenvalue weighted by Crippen LogP contribution is -2.30. The Morgan fingerprint density at radius 3 is 2.17 bits per heavy atom. The number of halogens is 1. The minimum Gasteiger partial charge on any atom is -0.332 e. The Morgan fingerprint density at radius 1 is 1.04 bits per heavy atom. The van der Waals surface area contributed by atoms with Gasteiger partial charge in [0, 0.05) is 16.0 Å². The smallest absolute Gasteiger partial charge is 0.227 e. The van der Waals surface area contributed by atoms with Crippen LogP contribution in [0.2, 0.25) is 5.15 Å². The normalized spacial score (nSPS) is 10.7. The molecule has 3 aromatic heterocycles. The van der Waals surface area contributed by atoms with E-state index in [1.54, 1.807) is 34.9 Å². The van der Waals surface area contributed by atoms with E-state index in [4.69, 9.17) is 11.6 Å². The zero-order valence-corrected chi connectivity index (χ0v) is 14.7. The third-order valence-electron chi connectivity index (χ3n) is 3.35. The molecule has 23 heavy (non-hydrogen) atoms. The molecule has 0 fully saturated rings. The van der Waals surface area contributed by atoms with Gasteiger partial charge in [-0.25, -0.2) is 4.98 Å². The van der Waals surface area contributed by atoms with E-state index < -0.39 is 0 Å². The minimum absolute atomic E-state index is 0.0934. The fraction of sp³-hybridized carbons (Fsp3) is 0.176. The van der Waals surface area contributed by atoms with Crippen LogP contribution in [0.4, 0.5) is 0 Å². The van der Waals surface area contributed by atoms with E-state index in [1.807, 2.05) is 33.9 Å². The van der Waals surface area contributed by atoms with Crippen LogP contribution in [0.5, 0.6) is 0 Å². The van der Waals surface area contributed by atoms with E-state index in [0.717, 1.165) is 5.56 Å².